The van der Waals surface area contributed by atoms with Gasteiger partial charge < -0.3 is 28.5 Å². The Bertz CT molecular complexity index is 1820. The van der Waals surface area contributed by atoms with E-state index in [1.54, 1.807) is 0 Å². The number of rotatable bonds is 82. The van der Waals surface area contributed by atoms with Gasteiger partial charge in [0.1, 0.15) is 13.2 Å². The van der Waals surface area contributed by atoms with Crippen LogP contribution in [0.4, 0.5) is 0 Å². The summed E-state index contributed by atoms with van der Waals surface area (Å²) >= 11 is 0. The summed E-state index contributed by atoms with van der Waals surface area (Å²) in [5, 5.41) is 9.79. The molecule has 0 rings (SSSR count). The van der Waals surface area contributed by atoms with Gasteiger partial charge in [0.2, 0.25) is 0 Å². The number of hydrogen-bond donors (Lipinski definition) is 1. The summed E-state index contributed by atoms with van der Waals surface area (Å²) in [6.07, 6.45) is 106. The topological polar surface area (TPSA) is 108 Å². The Kier molecular flexibility index (Phi) is 78.2. The van der Waals surface area contributed by atoms with E-state index in [-0.39, 0.29) is 38.2 Å². The molecule has 0 aliphatic heterocycles. The highest BCUT2D eigenvalue weighted by Crippen LogP contribution is 2.21. The number of likely N-dealkylation sites (N-methyl/N-ethyl adjacent to an activating group) is 1. The molecule has 0 bridgehead atoms. The van der Waals surface area contributed by atoms with Crippen LogP contribution in [0.5, 0.6) is 0 Å². The Morgan fingerprint density at radius 2 is 0.576 bits per heavy atom. The number of unbranched alkanes of at least 4 members (excludes halogenated alkanes) is 57. The molecule has 0 aromatic rings. The number of esters is 2. The van der Waals surface area contributed by atoms with Crippen molar-refractivity contribution in [2.45, 2.75) is 450 Å². The molecule has 2 unspecified atom stereocenters. The van der Waals surface area contributed by atoms with E-state index >= 15 is 0 Å². The lowest BCUT2D eigenvalue weighted by Gasteiger charge is -2.25. The van der Waals surface area contributed by atoms with Crippen molar-refractivity contribution in [3.05, 3.63) is 60.8 Å². The number of carbonyl (C=O) groups is 3. The summed E-state index contributed by atoms with van der Waals surface area (Å²) in [5.41, 5.74) is 0. The van der Waals surface area contributed by atoms with E-state index in [1.807, 2.05) is 21.1 Å². The molecule has 0 spiro atoms. The third-order valence-electron chi connectivity index (χ3n) is 19.8. The Morgan fingerprint density at radius 3 is 0.869 bits per heavy atom. The molecule has 0 aromatic carbocycles. The minimum Gasteiger partial charge on any atom is -0.477 e. The van der Waals surface area contributed by atoms with Crippen LogP contribution < -0.4 is 0 Å². The Hall–Kier alpha value is -3.01. The van der Waals surface area contributed by atoms with Crippen LogP contribution in [0.1, 0.15) is 438 Å². The van der Waals surface area contributed by atoms with E-state index in [0.717, 1.165) is 64.2 Å². The number of aliphatic carboxylic acids is 1. The van der Waals surface area contributed by atoms with Crippen molar-refractivity contribution in [2.24, 2.45) is 0 Å². The largest absolute Gasteiger partial charge is 0.477 e. The zero-order valence-corrected chi connectivity index (χ0v) is 66.7. The second-order valence-corrected chi connectivity index (χ2v) is 30.8. The van der Waals surface area contributed by atoms with Crippen molar-refractivity contribution in [1.29, 1.82) is 0 Å². The summed E-state index contributed by atoms with van der Waals surface area (Å²) in [4.78, 5) is 37.8. The van der Waals surface area contributed by atoms with E-state index in [0.29, 0.717) is 17.4 Å². The summed E-state index contributed by atoms with van der Waals surface area (Å²) in [6, 6.07) is 0. The van der Waals surface area contributed by atoms with E-state index < -0.39 is 18.4 Å². The van der Waals surface area contributed by atoms with Crippen LogP contribution in [0.15, 0.2) is 60.8 Å². The molecule has 0 saturated heterocycles. The summed E-state index contributed by atoms with van der Waals surface area (Å²) in [6.45, 7) is 4.84. The number of ether oxygens (including phenoxy) is 4. The lowest BCUT2D eigenvalue weighted by atomic mass is 10.0. The van der Waals surface area contributed by atoms with Crippen molar-refractivity contribution >= 4 is 17.9 Å². The molecule has 0 radical (unpaired) electrons. The molecule has 2 atom stereocenters. The SMILES string of the molecule is CC/C=C\C/C=C\C/C=C\C/C=C\CCCCCCCCCCCCCCCCCCCCCCCCC(=O)OC(COC(=O)CCCCCCCCCCCCCCCCCCCCCCCCCCCCC/C=C\CCCCCCCCCC)COC(OCC[N+](C)(C)C)C(=O)O. The van der Waals surface area contributed by atoms with Gasteiger partial charge in [0.25, 0.3) is 6.29 Å². The van der Waals surface area contributed by atoms with Gasteiger partial charge in [-0.3, -0.25) is 9.59 Å². The van der Waals surface area contributed by atoms with E-state index in [2.05, 4.69) is 74.6 Å². The molecule has 9 nitrogen and oxygen atoms in total. The van der Waals surface area contributed by atoms with Crippen LogP contribution in [0.25, 0.3) is 0 Å². The molecular formula is C90H168NO8+. The number of quaternary nitrogens is 1. The highest BCUT2D eigenvalue weighted by molar-refractivity contribution is 5.71. The molecule has 1 N–H and O–H groups in total. The molecule has 0 aliphatic rings. The maximum absolute atomic E-state index is 13.0. The molecule has 0 amide bonds. The van der Waals surface area contributed by atoms with Crippen LogP contribution in [0.3, 0.4) is 0 Å². The second kappa shape index (κ2) is 80.7. The van der Waals surface area contributed by atoms with Crippen LogP contribution in [0.2, 0.25) is 0 Å². The lowest BCUT2D eigenvalue weighted by molar-refractivity contribution is -0.870. The molecule has 580 valence electrons. The van der Waals surface area contributed by atoms with E-state index in [9.17, 15) is 19.5 Å². The summed E-state index contributed by atoms with van der Waals surface area (Å²) in [5.74, 6) is -1.97. The van der Waals surface area contributed by atoms with E-state index in [4.69, 9.17) is 18.9 Å². The van der Waals surface area contributed by atoms with Gasteiger partial charge in [-0.2, -0.15) is 0 Å². The first-order valence-electron chi connectivity index (χ1n) is 43.5. The highest BCUT2D eigenvalue weighted by Gasteiger charge is 2.25. The van der Waals surface area contributed by atoms with Gasteiger partial charge in [-0.1, -0.05) is 408 Å². The number of carboxylic acid groups (broad SMARTS) is 1. The van der Waals surface area contributed by atoms with Crippen molar-refractivity contribution in [1.82, 2.24) is 0 Å². The zero-order valence-electron chi connectivity index (χ0n) is 66.7. The average molecular weight is 1390 g/mol. The lowest BCUT2D eigenvalue weighted by Crippen LogP contribution is -2.40. The van der Waals surface area contributed by atoms with Crippen molar-refractivity contribution in [2.75, 3.05) is 47.5 Å². The summed E-state index contributed by atoms with van der Waals surface area (Å²) in [7, 11) is 6.00. The molecule has 99 heavy (non-hydrogen) atoms. The third-order valence-corrected chi connectivity index (χ3v) is 19.8. The Labute approximate surface area is 615 Å². The fourth-order valence-electron chi connectivity index (χ4n) is 13.2. The maximum Gasteiger partial charge on any atom is 0.361 e. The van der Waals surface area contributed by atoms with Crippen molar-refractivity contribution < 1.29 is 42.9 Å². The average Bonchev–Trinajstić information content (AvgIpc) is 1.16. The zero-order chi connectivity index (χ0) is 71.8. The van der Waals surface area contributed by atoms with Crippen LogP contribution in [-0.4, -0.2) is 87.4 Å². The minimum absolute atomic E-state index is 0.176. The van der Waals surface area contributed by atoms with Crippen molar-refractivity contribution in [3.8, 4) is 0 Å². The first-order valence-corrected chi connectivity index (χ1v) is 43.5. The normalized spacial score (nSPS) is 12.9. The first-order chi connectivity index (χ1) is 48.6. The molecule has 0 fully saturated rings. The molecule has 0 heterocycles. The van der Waals surface area contributed by atoms with E-state index in [1.165, 1.54) is 347 Å². The van der Waals surface area contributed by atoms with Gasteiger partial charge >= 0.3 is 17.9 Å². The maximum atomic E-state index is 13.0. The predicted octanol–water partition coefficient (Wildman–Crippen LogP) is 28.2. The Balaban J connectivity index is 3.91. The monoisotopic (exact) mass is 1390 g/mol. The number of allylic oxidation sites excluding steroid dienone is 10. The fourth-order valence-corrected chi connectivity index (χ4v) is 13.2. The van der Waals surface area contributed by atoms with Crippen LogP contribution in [-0.2, 0) is 33.3 Å². The fraction of sp³-hybridized carbons (Fsp3) is 0.856. The predicted molar refractivity (Wildman–Crippen MR) is 429 cm³/mol. The van der Waals surface area contributed by atoms with Gasteiger partial charge in [0.15, 0.2) is 6.10 Å². The van der Waals surface area contributed by atoms with Gasteiger partial charge in [-0.25, -0.2) is 4.79 Å². The molecule has 0 aromatic heterocycles. The highest BCUT2D eigenvalue weighted by atomic mass is 16.7. The first kappa shape index (κ1) is 96.0. The second-order valence-electron chi connectivity index (χ2n) is 30.8. The quantitative estimate of drug-likeness (QED) is 0.0211. The number of carboxylic acids is 1. The molecular weight excluding hydrogens is 1220 g/mol. The number of carbonyl (C=O) groups excluding carboxylic acids is 2. The van der Waals surface area contributed by atoms with Crippen molar-refractivity contribution in [3.63, 3.8) is 0 Å². The number of nitrogens with zero attached hydrogens (tertiary/aromatic N) is 1. The van der Waals surface area contributed by atoms with Crippen LogP contribution in [0, 0.1) is 0 Å². The van der Waals surface area contributed by atoms with Gasteiger partial charge in [0.05, 0.1) is 34.4 Å². The molecule has 0 saturated carbocycles. The standard InChI is InChI=1S/C90H167NO8/c1-6-8-10-12-14-16-18-20-22-24-26-28-30-32-34-36-38-40-42-43-44-45-47-48-50-52-54-56-58-60-62-64-66-68-70-72-74-76-78-80-87(92)97-84-86(85-98-90(89(94)95)96-83-82-91(3,4)5)99-88(93)81-79-77-75-73-71-69-67-65-63-61-59-57-55-53-51-49-46-41-39-37-35-33-31-29-27-25-23-21-19-17-15-13-11-9-7-2/h9,11,15,17,21,23-24,26-27,29,86,90H,6-8,10,12-14,16,18-20,22,25,28,30-85H2,1-5H3/p+1/b11-9-,17-15-,23-21-,26-24-,29-27-. The van der Waals surface area contributed by atoms with Gasteiger partial charge in [-0.15, -0.1) is 0 Å². The number of hydrogen-bond acceptors (Lipinski definition) is 7. The van der Waals surface area contributed by atoms with Gasteiger partial charge in [0, 0.05) is 12.8 Å². The Morgan fingerprint density at radius 1 is 0.313 bits per heavy atom. The minimum atomic E-state index is -1.51. The summed E-state index contributed by atoms with van der Waals surface area (Å²) < 4.78 is 23.1. The molecule has 9 heteroatoms. The van der Waals surface area contributed by atoms with Gasteiger partial charge in [-0.05, 0) is 77.0 Å². The smallest absolute Gasteiger partial charge is 0.361 e. The molecule has 0 aliphatic carbocycles. The van der Waals surface area contributed by atoms with Crippen LogP contribution >= 0.6 is 0 Å². The third kappa shape index (κ3) is 82.2.